The van der Waals surface area contributed by atoms with Gasteiger partial charge >= 0.3 is 0 Å². The number of hydrogen-bond acceptors (Lipinski definition) is 4. The maximum atomic E-state index is 4.16. The number of anilines is 1. The molecule has 1 aliphatic rings. The Kier molecular flexibility index (Phi) is 6.57. The highest BCUT2D eigenvalue weighted by molar-refractivity contribution is 8.93. The van der Waals surface area contributed by atoms with Crippen LogP contribution in [0.2, 0.25) is 0 Å². The van der Waals surface area contributed by atoms with Crippen molar-refractivity contribution in [2.24, 2.45) is 5.92 Å². The van der Waals surface area contributed by atoms with E-state index in [2.05, 4.69) is 34.3 Å². The minimum absolute atomic E-state index is 0. The minimum atomic E-state index is 0. The Morgan fingerprint density at radius 2 is 2.11 bits per heavy atom. The zero-order valence-corrected chi connectivity index (χ0v) is 12.9. The summed E-state index contributed by atoms with van der Waals surface area (Å²) < 4.78 is 0. The summed E-state index contributed by atoms with van der Waals surface area (Å²) >= 11 is 0. The number of rotatable bonds is 4. The lowest BCUT2D eigenvalue weighted by Crippen LogP contribution is -2.39. The fourth-order valence-corrected chi connectivity index (χ4v) is 2.23. The summed E-state index contributed by atoms with van der Waals surface area (Å²) in [6.45, 7) is 7.75. The topological polar surface area (TPSA) is 41.0 Å². The van der Waals surface area contributed by atoms with E-state index in [1.54, 1.807) is 6.20 Å². The molecule has 0 radical (unpaired) electrons. The molecule has 0 aromatic carbocycles. The molecule has 5 heteroatoms. The van der Waals surface area contributed by atoms with Gasteiger partial charge < -0.3 is 10.2 Å². The second-order valence-corrected chi connectivity index (χ2v) is 5.08. The highest BCUT2D eigenvalue weighted by atomic mass is 79.9. The SMILES string of the molecule is Br.CC(C)NCC1CCN(c2cccnn2)CC1. The van der Waals surface area contributed by atoms with Crippen LogP contribution in [-0.2, 0) is 0 Å². The monoisotopic (exact) mass is 314 g/mol. The number of halogens is 1. The molecule has 102 valence electrons. The largest absolute Gasteiger partial charge is 0.355 e. The Morgan fingerprint density at radius 3 is 2.67 bits per heavy atom. The molecule has 0 aliphatic carbocycles. The smallest absolute Gasteiger partial charge is 0.151 e. The fraction of sp³-hybridized carbons (Fsp3) is 0.692. The van der Waals surface area contributed by atoms with Gasteiger partial charge in [0.1, 0.15) is 0 Å². The third kappa shape index (κ3) is 4.53. The molecule has 0 unspecified atom stereocenters. The molecule has 0 atom stereocenters. The van der Waals surface area contributed by atoms with Crippen LogP contribution in [0.3, 0.4) is 0 Å². The molecule has 1 N–H and O–H groups in total. The standard InChI is InChI=1S/C13H22N4.BrH/c1-11(2)14-10-12-5-8-17(9-6-12)13-4-3-7-15-16-13;/h3-4,7,11-12,14H,5-6,8-10H2,1-2H3;1H. The van der Waals surface area contributed by atoms with Gasteiger partial charge in [-0.3, -0.25) is 0 Å². The normalized spacial score (nSPS) is 16.7. The summed E-state index contributed by atoms with van der Waals surface area (Å²) in [4.78, 5) is 2.33. The maximum Gasteiger partial charge on any atom is 0.151 e. The Labute approximate surface area is 120 Å². The van der Waals surface area contributed by atoms with Crippen molar-refractivity contribution in [1.29, 1.82) is 0 Å². The van der Waals surface area contributed by atoms with Crippen LogP contribution >= 0.6 is 17.0 Å². The van der Waals surface area contributed by atoms with Gasteiger partial charge in [-0.15, -0.1) is 22.1 Å². The second kappa shape index (κ2) is 7.69. The Hall–Kier alpha value is -0.680. The van der Waals surface area contributed by atoms with E-state index in [1.165, 1.54) is 12.8 Å². The summed E-state index contributed by atoms with van der Waals surface area (Å²) in [6.07, 6.45) is 4.22. The van der Waals surface area contributed by atoms with Crippen LogP contribution in [0, 0.1) is 5.92 Å². The molecule has 18 heavy (non-hydrogen) atoms. The zero-order valence-electron chi connectivity index (χ0n) is 11.2. The van der Waals surface area contributed by atoms with Crippen molar-refractivity contribution in [3.8, 4) is 0 Å². The van der Waals surface area contributed by atoms with E-state index >= 15 is 0 Å². The molecular weight excluding hydrogens is 292 g/mol. The third-order valence-electron chi connectivity index (χ3n) is 3.31. The first-order chi connectivity index (χ1) is 8.25. The quantitative estimate of drug-likeness (QED) is 0.925. The van der Waals surface area contributed by atoms with Crippen molar-refractivity contribution in [1.82, 2.24) is 15.5 Å². The van der Waals surface area contributed by atoms with E-state index in [9.17, 15) is 0 Å². The average Bonchev–Trinajstić information content (AvgIpc) is 2.38. The fourth-order valence-electron chi connectivity index (χ4n) is 2.23. The third-order valence-corrected chi connectivity index (χ3v) is 3.31. The van der Waals surface area contributed by atoms with Crippen LogP contribution in [0.25, 0.3) is 0 Å². The lowest BCUT2D eigenvalue weighted by Gasteiger charge is -2.32. The molecule has 0 bridgehead atoms. The van der Waals surface area contributed by atoms with Gasteiger partial charge in [-0.1, -0.05) is 13.8 Å². The average molecular weight is 315 g/mol. The van der Waals surface area contributed by atoms with Crippen LogP contribution in [0.1, 0.15) is 26.7 Å². The van der Waals surface area contributed by atoms with Crippen LogP contribution < -0.4 is 10.2 Å². The lowest BCUT2D eigenvalue weighted by molar-refractivity contribution is 0.369. The van der Waals surface area contributed by atoms with E-state index < -0.39 is 0 Å². The van der Waals surface area contributed by atoms with Crippen molar-refractivity contribution in [2.75, 3.05) is 24.5 Å². The van der Waals surface area contributed by atoms with E-state index in [-0.39, 0.29) is 17.0 Å². The van der Waals surface area contributed by atoms with Gasteiger partial charge in [0.15, 0.2) is 5.82 Å². The van der Waals surface area contributed by atoms with E-state index in [1.807, 2.05) is 12.1 Å². The summed E-state index contributed by atoms with van der Waals surface area (Å²) in [5.74, 6) is 1.83. The molecule has 1 aliphatic heterocycles. The van der Waals surface area contributed by atoms with Gasteiger partial charge in [-0.2, -0.15) is 5.10 Å². The number of piperidine rings is 1. The van der Waals surface area contributed by atoms with Crippen LogP contribution in [0.5, 0.6) is 0 Å². The van der Waals surface area contributed by atoms with Gasteiger partial charge in [0, 0.05) is 25.3 Å². The summed E-state index contributed by atoms with van der Waals surface area (Å²) in [5, 5.41) is 11.6. The van der Waals surface area contributed by atoms with Crippen molar-refractivity contribution in [3.05, 3.63) is 18.3 Å². The molecule has 0 amide bonds. The Bertz CT molecular complexity index is 323. The highest BCUT2D eigenvalue weighted by Crippen LogP contribution is 2.20. The summed E-state index contributed by atoms with van der Waals surface area (Å²) in [7, 11) is 0. The number of aromatic nitrogens is 2. The molecule has 1 fully saturated rings. The van der Waals surface area contributed by atoms with Crippen LogP contribution in [-0.4, -0.2) is 35.9 Å². The van der Waals surface area contributed by atoms with Crippen LogP contribution in [0.15, 0.2) is 18.3 Å². The molecule has 0 spiro atoms. The Balaban J connectivity index is 0.00000162. The first kappa shape index (κ1) is 15.4. The molecule has 1 aromatic heterocycles. The maximum absolute atomic E-state index is 4.16. The summed E-state index contributed by atoms with van der Waals surface area (Å²) in [5.41, 5.74) is 0. The van der Waals surface area contributed by atoms with Gasteiger partial charge in [0.2, 0.25) is 0 Å². The lowest BCUT2D eigenvalue weighted by atomic mass is 9.96. The number of nitrogens with zero attached hydrogens (tertiary/aromatic N) is 3. The molecule has 1 saturated heterocycles. The first-order valence-electron chi connectivity index (χ1n) is 6.51. The van der Waals surface area contributed by atoms with Crippen molar-refractivity contribution in [2.45, 2.75) is 32.7 Å². The van der Waals surface area contributed by atoms with Crippen molar-refractivity contribution >= 4 is 22.8 Å². The van der Waals surface area contributed by atoms with Gasteiger partial charge in [0.25, 0.3) is 0 Å². The number of nitrogens with one attached hydrogen (secondary N) is 1. The molecule has 2 rings (SSSR count). The highest BCUT2D eigenvalue weighted by Gasteiger charge is 2.19. The molecule has 1 aromatic rings. The predicted octanol–water partition coefficient (Wildman–Crippen LogP) is 2.27. The van der Waals surface area contributed by atoms with Gasteiger partial charge in [-0.05, 0) is 37.4 Å². The number of hydrogen-bond donors (Lipinski definition) is 1. The van der Waals surface area contributed by atoms with Crippen molar-refractivity contribution in [3.63, 3.8) is 0 Å². The molecular formula is C13H23BrN4. The Morgan fingerprint density at radius 1 is 1.39 bits per heavy atom. The van der Waals surface area contributed by atoms with Crippen LogP contribution in [0.4, 0.5) is 5.82 Å². The van der Waals surface area contributed by atoms with Gasteiger partial charge in [-0.25, -0.2) is 0 Å². The van der Waals surface area contributed by atoms with Gasteiger partial charge in [0.05, 0.1) is 0 Å². The molecule has 2 heterocycles. The second-order valence-electron chi connectivity index (χ2n) is 5.08. The first-order valence-corrected chi connectivity index (χ1v) is 6.51. The predicted molar refractivity (Wildman–Crippen MR) is 80.4 cm³/mol. The minimum Gasteiger partial charge on any atom is -0.355 e. The molecule has 0 saturated carbocycles. The van der Waals surface area contributed by atoms with E-state index in [0.717, 1.165) is 31.4 Å². The van der Waals surface area contributed by atoms with Crippen molar-refractivity contribution < 1.29 is 0 Å². The van der Waals surface area contributed by atoms with E-state index in [0.29, 0.717) is 6.04 Å². The summed E-state index contributed by atoms with van der Waals surface area (Å²) in [6, 6.07) is 4.59. The van der Waals surface area contributed by atoms with E-state index in [4.69, 9.17) is 0 Å². The molecule has 4 nitrogen and oxygen atoms in total. The zero-order chi connectivity index (χ0) is 12.1.